The first kappa shape index (κ1) is 20.1. The number of rotatable bonds is 6. The van der Waals surface area contributed by atoms with Crippen molar-refractivity contribution >= 4 is 35.1 Å². The summed E-state index contributed by atoms with van der Waals surface area (Å²) in [7, 11) is 3.70. The number of carbonyl (C=O) groups is 1. The summed E-state index contributed by atoms with van der Waals surface area (Å²) in [5, 5.41) is 5.05. The fourth-order valence-electron chi connectivity index (χ4n) is 3.34. The van der Waals surface area contributed by atoms with Gasteiger partial charge in [0.1, 0.15) is 5.82 Å². The minimum absolute atomic E-state index is 0.0454. The van der Waals surface area contributed by atoms with Crippen molar-refractivity contribution in [1.29, 1.82) is 0 Å². The number of halogens is 1. The van der Waals surface area contributed by atoms with Crippen LogP contribution in [-0.4, -0.2) is 40.2 Å². The lowest BCUT2D eigenvalue weighted by Crippen LogP contribution is -2.27. The highest BCUT2D eigenvalue weighted by atomic mass is 32.2. The molecule has 9 heteroatoms. The van der Waals surface area contributed by atoms with Crippen molar-refractivity contribution < 1.29 is 9.18 Å². The van der Waals surface area contributed by atoms with E-state index in [1.165, 1.54) is 23.9 Å². The Morgan fingerprint density at radius 1 is 1.30 bits per heavy atom. The smallest absolute Gasteiger partial charge is 0.245 e. The number of carbonyl (C=O) groups excluding carboxylic acids is 1. The van der Waals surface area contributed by atoms with E-state index in [1.54, 1.807) is 17.0 Å². The molecule has 2 aromatic rings. The van der Waals surface area contributed by atoms with Crippen molar-refractivity contribution in [3.05, 3.63) is 70.7 Å². The van der Waals surface area contributed by atoms with Gasteiger partial charge in [-0.15, -0.1) is 11.8 Å². The van der Waals surface area contributed by atoms with Gasteiger partial charge in [-0.25, -0.2) is 4.39 Å². The summed E-state index contributed by atoms with van der Waals surface area (Å²) in [6, 6.07) is 6.36. The van der Waals surface area contributed by atoms with Crippen LogP contribution in [0.5, 0.6) is 0 Å². The second kappa shape index (κ2) is 8.27. The lowest BCUT2D eigenvalue weighted by molar-refractivity contribution is -0.114. The van der Waals surface area contributed by atoms with Crippen LogP contribution >= 0.6 is 11.8 Å². The van der Waals surface area contributed by atoms with Crippen molar-refractivity contribution in [2.75, 3.05) is 24.3 Å². The first-order chi connectivity index (χ1) is 14.4. The highest BCUT2D eigenvalue weighted by molar-refractivity contribution is 8.03. The molecule has 2 aliphatic rings. The molecule has 0 fully saturated rings. The molecule has 2 atom stereocenters. The molecule has 1 aliphatic heterocycles. The normalized spacial score (nSPS) is 19.7. The molecule has 2 unspecified atom stereocenters. The highest BCUT2D eigenvalue weighted by Gasteiger charge is 2.37. The van der Waals surface area contributed by atoms with Gasteiger partial charge in [0.2, 0.25) is 17.8 Å². The average Bonchev–Trinajstić information content (AvgIpc) is 3.16. The van der Waals surface area contributed by atoms with Gasteiger partial charge < -0.3 is 16.0 Å². The first-order valence-electron chi connectivity index (χ1n) is 9.38. The first-order valence-corrected chi connectivity index (χ1v) is 10.3. The van der Waals surface area contributed by atoms with Gasteiger partial charge in [-0.2, -0.15) is 15.0 Å². The minimum atomic E-state index is -0.418. The Balaban J connectivity index is 1.61. The van der Waals surface area contributed by atoms with Gasteiger partial charge in [-0.05, 0) is 23.1 Å². The Morgan fingerprint density at radius 3 is 2.87 bits per heavy atom. The number of hydrogen-bond donors (Lipinski definition) is 2. The van der Waals surface area contributed by atoms with E-state index in [-0.39, 0.29) is 17.0 Å². The predicted molar refractivity (Wildman–Crippen MR) is 117 cm³/mol. The van der Waals surface area contributed by atoms with Gasteiger partial charge in [-0.3, -0.25) is 4.79 Å². The van der Waals surface area contributed by atoms with E-state index in [4.69, 9.17) is 5.73 Å². The van der Waals surface area contributed by atoms with Gasteiger partial charge in [0, 0.05) is 43.0 Å². The van der Waals surface area contributed by atoms with E-state index in [0.29, 0.717) is 29.8 Å². The third kappa shape index (κ3) is 4.06. The van der Waals surface area contributed by atoms with Gasteiger partial charge in [0.25, 0.3) is 0 Å². The zero-order valence-corrected chi connectivity index (χ0v) is 17.4. The number of amides is 1. The Hall–Kier alpha value is -3.20. The van der Waals surface area contributed by atoms with E-state index in [2.05, 4.69) is 20.3 Å². The Kier molecular flexibility index (Phi) is 5.54. The fourth-order valence-corrected chi connectivity index (χ4v) is 4.65. The number of aromatic nitrogens is 3. The highest BCUT2D eigenvalue weighted by Crippen LogP contribution is 2.46. The third-order valence-corrected chi connectivity index (χ3v) is 6.06. The number of nitrogens with two attached hydrogens (primary N) is 1. The number of thioether (sulfide) groups is 1. The summed E-state index contributed by atoms with van der Waals surface area (Å²) in [4.78, 5) is 27.2. The third-order valence-electron chi connectivity index (χ3n) is 4.83. The molecule has 1 aromatic carbocycles. The predicted octanol–water partition coefficient (Wildman–Crippen LogP) is 2.74. The molecule has 3 N–H and O–H groups in total. The monoisotopic (exact) mass is 424 g/mol. The van der Waals surface area contributed by atoms with Crippen LogP contribution < -0.4 is 16.0 Å². The average molecular weight is 425 g/mol. The second-order valence-electron chi connectivity index (χ2n) is 7.19. The molecular weight excluding hydrogens is 403 g/mol. The number of fused-ring (bicyclic) bond motifs is 1. The standard InChI is InChI=1S/C21H21FN6OS/c1-28(2)21-26-19(16-11-30-17-14(16)7-4-8-15(17)18(23)29)25-20(27-21)24-10-12-5-3-6-13(22)9-12/h3-9,11,14,17H,10H2,1-2H3,(H2,23,29)(H,24,25,26,27). The molecule has 1 aliphatic carbocycles. The lowest BCUT2D eigenvalue weighted by atomic mass is 9.87. The van der Waals surface area contributed by atoms with Crippen LogP contribution in [0.2, 0.25) is 0 Å². The van der Waals surface area contributed by atoms with Gasteiger partial charge in [0.15, 0.2) is 5.82 Å². The van der Waals surface area contributed by atoms with Gasteiger partial charge in [-0.1, -0.05) is 30.4 Å². The maximum atomic E-state index is 13.4. The van der Waals surface area contributed by atoms with E-state index in [9.17, 15) is 9.18 Å². The van der Waals surface area contributed by atoms with Crippen molar-refractivity contribution in [1.82, 2.24) is 15.0 Å². The minimum Gasteiger partial charge on any atom is -0.366 e. The van der Waals surface area contributed by atoms with Crippen LogP contribution in [0.4, 0.5) is 16.3 Å². The summed E-state index contributed by atoms with van der Waals surface area (Å²) < 4.78 is 13.4. The number of anilines is 2. The number of benzene rings is 1. The summed E-state index contributed by atoms with van der Waals surface area (Å²) >= 11 is 1.54. The molecule has 0 spiro atoms. The second-order valence-corrected chi connectivity index (χ2v) is 8.20. The maximum Gasteiger partial charge on any atom is 0.245 e. The number of hydrogen-bond acceptors (Lipinski definition) is 7. The van der Waals surface area contributed by atoms with Gasteiger partial charge >= 0.3 is 0 Å². The fraction of sp³-hybridized carbons (Fsp3) is 0.238. The molecule has 0 saturated carbocycles. The largest absolute Gasteiger partial charge is 0.366 e. The molecule has 154 valence electrons. The Morgan fingerprint density at radius 2 is 2.13 bits per heavy atom. The molecule has 2 heterocycles. The SMILES string of the molecule is CN(C)c1nc(NCc2cccc(F)c2)nc(C2=CSC3C(C(N)=O)=CC=CC23)n1. The van der Waals surface area contributed by atoms with Crippen LogP contribution in [0.25, 0.3) is 5.57 Å². The number of primary amides is 1. The number of nitrogens with one attached hydrogen (secondary N) is 1. The summed E-state index contributed by atoms with van der Waals surface area (Å²) in [5.41, 5.74) is 7.82. The molecule has 0 saturated heterocycles. The summed E-state index contributed by atoms with van der Waals surface area (Å²) in [6.07, 6.45) is 5.64. The molecule has 7 nitrogen and oxygen atoms in total. The molecule has 30 heavy (non-hydrogen) atoms. The van der Waals surface area contributed by atoms with E-state index in [1.807, 2.05) is 37.7 Å². The Bertz CT molecular complexity index is 1080. The zero-order chi connectivity index (χ0) is 21.3. The zero-order valence-electron chi connectivity index (χ0n) is 16.5. The topological polar surface area (TPSA) is 97.0 Å². The Labute approximate surface area is 178 Å². The van der Waals surface area contributed by atoms with E-state index >= 15 is 0 Å². The number of allylic oxidation sites excluding steroid dienone is 4. The van der Waals surface area contributed by atoms with Crippen molar-refractivity contribution in [2.24, 2.45) is 11.7 Å². The molecule has 0 radical (unpaired) electrons. The molecular formula is C21H21FN6OS. The summed E-state index contributed by atoms with van der Waals surface area (Å²) in [5.74, 6) is 0.677. The van der Waals surface area contributed by atoms with Crippen LogP contribution in [0.15, 0.2) is 53.5 Å². The number of nitrogens with zero attached hydrogens (tertiary/aromatic N) is 4. The molecule has 1 amide bonds. The van der Waals surface area contributed by atoms with Crippen molar-refractivity contribution in [3.8, 4) is 0 Å². The quantitative estimate of drug-likeness (QED) is 0.736. The van der Waals surface area contributed by atoms with Crippen LogP contribution in [0, 0.1) is 11.7 Å². The van der Waals surface area contributed by atoms with Crippen molar-refractivity contribution in [3.63, 3.8) is 0 Å². The van der Waals surface area contributed by atoms with Crippen LogP contribution in [-0.2, 0) is 11.3 Å². The maximum absolute atomic E-state index is 13.4. The van der Waals surface area contributed by atoms with Crippen molar-refractivity contribution in [2.45, 2.75) is 11.8 Å². The lowest BCUT2D eigenvalue weighted by Gasteiger charge is -2.23. The molecule has 1 aromatic heterocycles. The summed E-state index contributed by atoms with van der Waals surface area (Å²) in [6.45, 7) is 0.377. The van der Waals surface area contributed by atoms with Crippen LogP contribution in [0.1, 0.15) is 11.4 Å². The van der Waals surface area contributed by atoms with E-state index in [0.717, 1.165) is 11.1 Å². The van der Waals surface area contributed by atoms with Gasteiger partial charge in [0.05, 0.1) is 0 Å². The van der Waals surface area contributed by atoms with E-state index < -0.39 is 5.91 Å². The molecule has 4 rings (SSSR count). The van der Waals surface area contributed by atoms with Crippen LogP contribution in [0.3, 0.4) is 0 Å². The molecule has 0 bridgehead atoms.